The Morgan fingerprint density at radius 3 is 2.31 bits per heavy atom. The summed E-state index contributed by atoms with van der Waals surface area (Å²) in [6, 6.07) is 4.42. The maximum Gasteiger partial charge on any atom is 0.308 e. The molecule has 1 heterocycles. The summed E-state index contributed by atoms with van der Waals surface area (Å²) in [6.07, 6.45) is 1.34. The van der Waals surface area contributed by atoms with Crippen molar-refractivity contribution in [2.45, 2.75) is 13.3 Å². The average molecular weight is 362 g/mol. The number of carbonyl (C=O) groups excluding carboxylic acids is 2. The Bertz CT molecular complexity index is 858. The van der Waals surface area contributed by atoms with E-state index in [1.807, 2.05) is 0 Å². The topological polar surface area (TPSA) is 135 Å². The minimum absolute atomic E-state index is 0.0336. The number of benzene rings is 1. The molecule has 10 heteroatoms. The molecule has 0 saturated carbocycles. The van der Waals surface area contributed by atoms with Crippen LogP contribution in [0, 0.1) is 0 Å². The van der Waals surface area contributed by atoms with E-state index in [1.54, 1.807) is 12.1 Å². The first-order valence-electron chi connectivity index (χ1n) is 7.46. The minimum atomic E-state index is -0.516. The number of H-pyrrole nitrogens is 2. The number of aromatic amines is 2. The number of nitrogens with zero attached hydrogens (tertiary/aromatic N) is 1. The largest absolute Gasteiger partial charge is 0.493 e. The van der Waals surface area contributed by atoms with Crippen molar-refractivity contribution in [3.05, 3.63) is 39.8 Å². The lowest BCUT2D eigenvalue weighted by Crippen LogP contribution is -2.20. The van der Waals surface area contributed by atoms with Crippen LogP contribution >= 0.6 is 0 Å². The van der Waals surface area contributed by atoms with E-state index >= 15 is 0 Å². The van der Waals surface area contributed by atoms with E-state index in [0.29, 0.717) is 11.3 Å². The Labute approximate surface area is 148 Å². The van der Waals surface area contributed by atoms with E-state index in [-0.39, 0.29) is 29.2 Å². The quantitative estimate of drug-likeness (QED) is 0.281. The number of hydrazone groups is 1. The second-order valence-corrected chi connectivity index (χ2v) is 5.10. The van der Waals surface area contributed by atoms with Gasteiger partial charge in [-0.25, -0.2) is 5.43 Å². The van der Waals surface area contributed by atoms with Gasteiger partial charge in [0, 0.05) is 24.2 Å². The third kappa shape index (κ3) is 4.97. The zero-order chi connectivity index (χ0) is 19.1. The van der Waals surface area contributed by atoms with Crippen LogP contribution < -0.4 is 25.2 Å². The molecule has 10 nitrogen and oxygen atoms in total. The number of hydrogen-bond donors (Lipinski definition) is 3. The number of rotatable bonds is 7. The number of methoxy groups -OCH3 is 2. The summed E-state index contributed by atoms with van der Waals surface area (Å²) in [5, 5.41) is 8.75. The standard InChI is InChI=1S/C16H18N4O6/c1-9(21)26-16-12(24-2)4-10(5-13(16)25-3)8-17-19-14(22)6-11-7-15(23)20-18-11/h4-5,7-8H,6H2,1-3H3,(H,19,22)(H2,18,20,23)/b17-8+. The highest BCUT2D eigenvalue weighted by Crippen LogP contribution is 2.38. The lowest BCUT2D eigenvalue weighted by atomic mass is 10.2. The van der Waals surface area contributed by atoms with Crippen molar-refractivity contribution in [3.63, 3.8) is 0 Å². The number of nitrogens with one attached hydrogen (secondary N) is 3. The fourth-order valence-electron chi connectivity index (χ4n) is 2.08. The van der Waals surface area contributed by atoms with Crippen LogP contribution in [0.3, 0.4) is 0 Å². The number of aromatic nitrogens is 2. The van der Waals surface area contributed by atoms with Crippen molar-refractivity contribution in [2.75, 3.05) is 14.2 Å². The van der Waals surface area contributed by atoms with Crippen LogP contribution in [0.4, 0.5) is 0 Å². The van der Waals surface area contributed by atoms with Crippen LogP contribution in [-0.2, 0) is 16.0 Å². The van der Waals surface area contributed by atoms with E-state index in [2.05, 4.69) is 20.7 Å². The summed E-state index contributed by atoms with van der Waals surface area (Å²) in [5.74, 6) is -0.223. The molecule has 0 aliphatic heterocycles. The summed E-state index contributed by atoms with van der Waals surface area (Å²) in [4.78, 5) is 34.0. The Balaban J connectivity index is 2.10. The van der Waals surface area contributed by atoms with Gasteiger partial charge in [0.15, 0.2) is 11.5 Å². The molecule has 0 aliphatic rings. The summed E-state index contributed by atoms with van der Waals surface area (Å²) in [6.45, 7) is 1.27. The van der Waals surface area contributed by atoms with Gasteiger partial charge in [0.25, 0.3) is 5.56 Å². The zero-order valence-electron chi connectivity index (χ0n) is 14.4. The predicted octanol–water partition coefficient (Wildman–Crippen LogP) is 0.338. The lowest BCUT2D eigenvalue weighted by Gasteiger charge is -2.13. The summed E-state index contributed by atoms with van der Waals surface area (Å²) in [5.41, 5.74) is 3.01. The Hall–Kier alpha value is -3.56. The fourth-order valence-corrected chi connectivity index (χ4v) is 2.08. The normalized spacial score (nSPS) is 10.6. The Morgan fingerprint density at radius 1 is 1.15 bits per heavy atom. The second-order valence-electron chi connectivity index (χ2n) is 5.10. The van der Waals surface area contributed by atoms with E-state index in [9.17, 15) is 14.4 Å². The lowest BCUT2D eigenvalue weighted by molar-refractivity contribution is -0.132. The maximum absolute atomic E-state index is 11.8. The number of amides is 1. The Kier molecular flexibility index (Phi) is 6.15. The fraction of sp³-hybridized carbons (Fsp3) is 0.250. The third-order valence-corrected chi connectivity index (χ3v) is 3.13. The first kappa shape index (κ1) is 18.8. The van der Waals surface area contributed by atoms with Crippen molar-refractivity contribution in [2.24, 2.45) is 5.10 Å². The highest BCUT2D eigenvalue weighted by molar-refractivity contribution is 5.85. The molecule has 0 atom stereocenters. The van der Waals surface area contributed by atoms with Gasteiger partial charge in [-0.3, -0.25) is 19.5 Å². The number of carbonyl (C=O) groups is 2. The monoisotopic (exact) mass is 362 g/mol. The van der Waals surface area contributed by atoms with Crippen molar-refractivity contribution < 1.29 is 23.8 Å². The molecule has 0 bridgehead atoms. The van der Waals surface area contributed by atoms with Crippen LogP contribution in [0.2, 0.25) is 0 Å². The number of esters is 1. The first-order valence-corrected chi connectivity index (χ1v) is 7.46. The highest BCUT2D eigenvalue weighted by Gasteiger charge is 2.15. The van der Waals surface area contributed by atoms with Gasteiger partial charge in [-0.2, -0.15) is 5.10 Å². The van der Waals surface area contributed by atoms with E-state index in [4.69, 9.17) is 14.2 Å². The van der Waals surface area contributed by atoms with Crippen molar-refractivity contribution >= 4 is 18.1 Å². The molecule has 0 aliphatic carbocycles. The molecule has 1 aromatic carbocycles. The van der Waals surface area contributed by atoms with E-state index in [1.165, 1.54) is 33.4 Å². The molecule has 0 fully saturated rings. The zero-order valence-corrected chi connectivity index (χ0v) is 14.4. The Morgan fingerprint density at radius 2 is 1.81 bits per heavy atom. The van der Waals surface area contributed by atoms with Crippen molar-refractivity contribution in [1.82, 2.24) is 15.6 Å². The molecule has 0 unspecified atom stereocenters. The molecule has 1 aromatic heterocycles. The molecule has 0 radical (unpaired) electrons. The minimum Gasteiger partial charge on any atom is -0.493 e. The van der Waals surface area contributed by atoms with Crippen molar-refractivity contribution in [3.8, 4) is 17.2 Å². The molecular weight excluding hydrogens is 344 g/mol. The molecule has 0 saturated heterocycles. The molecule has 1 amide bonds. The summed E-state index contributed by atoms with van der Waals surface area (Å²) < 4.78 is 15.5. The van der Waals surface area contributed by atoms with Gasteiger partial charge < -0.3 is 19.3 Å². The van der Waals surface area contributed by atoms with Crippen LogP contribution in [0.25, 0.3) is 0 Å². The number of ether oxygens (including phenoxy) is 3. The summed E-state index contributed by atoms with van der Waals surface area (Å²) in [7, 11) is 2.84. The summed E-state index contributed by atoms with van der Waals surface area (Å²) >= 11 is 0. The molecule has 2 aromatic rings. The van der Waals surface area contributed by atoms with Crippen LogP contribution in [0.1, 0.15) is 18.2 Å². The van der Waals surface area contributed by atoms with E-state index < -0.39 is 11.9 Å². The van der Waals surface area contributed by atoms with Crippen molar-refractivity contribution in [1.29, 1.82) is 0 Å². The van der Waals surface area contributed by atoms with Crippen LogP contribution in [0.15, 0.2) is 28.1 Å². The van der Waals surface area contributed by atoms with Crippen LogP contribution in [0.5, 0.6) is 17.2 Å². The van der Waals surface area contributed by atoms with Gasteiger partial charge in [-0.05, 0) is 12.1 Å². The van der Waals surface area contributed by atoms with Gasteiger partial charge in [0.1, 0.15) is 0 Å². The first-order chi connectivity index (χ1) is 12.4. The third-order valence-electron chi connectivity index (χ3n) is 3.13. The smallest absolute Gasteiger partial charge is 0.308 e. The molecule has 2 rings (SSSR count). The molecule has 138 valence electrons. The van der Waals surface area contributed by atoms with Gasteiger partial charge >= 0.3 is 5.97 Å². The van der Waals surface area contributed by atoms with Gasteiger partial charge in [0.2, 0.25) is 11.7 Å². The maximum atomic E-state index is 11.8. The number of hydrogen-bond acceptors (Lipinski definition) is 7. The molecule has 3 N–H and O–H groups in total. The van der Waals surface area contributed by atoms with Gasteiger partial charge in [-0.15, -0.1) is 0 Å². The predicted molar refractivity (Wildman–Crippen MR) is 91.7 cm³/mol. The highest BCUT2D eigenvalue weighted by atomic mass is 16.6. The van der Waals surface area contributed by atoms with E-state index in [0.717, 1.165) is 0 Å². The van der Waals surface area contributed by atoms with Gasteiger partial charge in [0.05, 0.1) is 26.9 Å². The molecule has 26 heavy (non-hydrogen) atoms. The molecule has 0 spiro atoms. The SMILES string of the molecule is COc1cc(/C=N/NC(=O)Cc2cc(=O)[nH][nH]2)cc(OC)c1OC(C)=O. The van der Waals surface area contributed by atoms with Gasteiger partial charge in [-0.1, -0.05) is 0 Å². The average Bonchev–Trinajstić information content (AvgIpc) is 2.99. The van der Waals surface area contributed by atoms with Crippen LogP contribution in [-0.4, -0.2) is 42.5 Å². The molecular formula is C16H18N4O6. The second kappa shape index (κ2) is 8.51.